The molecule has 2 heterocycles. The van der Waals surface area contributed by atoms with Crippen LogP contribution in [0.25, 0.3) is 22.4 Å². The lowest BCUT2D eigenvalue weighted by Crippen LogP contribution is -1.97. The fraction of sp³-hybridized carbons (Fsp3) is 0.105. The highest BCUT2D eigenvalue weighted by molar-refractivity contribution is 5.84. The topological polar surface area (TPSA) is 70.3 Å². The molecular weight excluding hydrogens is 318 g/mol. The number of aromatic nitrogens is 3. The van der Waals surface area contributed by atoms with Crippen LogP contribution in [-0.2, 0) is 6.61 Å². The van der Waals surface area contributed by atoms with Gasteiger partial charge in [-0.05, 0) is 30.3 Å². The summed E-state index contributed by atoms with van der Waals surface area (Å²) >= 11 is 0. The Morgan fingerprint density at radius 1 is 1.00 bits per heavy atom. The lowest BCUT2D eigenvalue weighted by atomic mass is 10.2. The number of benzene rings is 2. The summed E-state index contributed by atoms with van der Waals surface area (Å²) in [4.78, 5) is 4.36. The van der Waals surface area contributed by atoms with E-state index in [2.05, 4.69) is 15.2 Å². The second kappa shape index (κ2) is 6.60. The second-order valence-electron chi connectivity index (χ2n) is 5.35. The SMILES string of the molecule is COc1cccc(-c2nnc(COc3cccc4cccnc34)o2)c1. The number of hydrogen-bond acceptors (Lipinski definition) is 6. The predicted molar refractivity (Wildman–Crippen MR) is 92.4 cm³/mol. The monoisotopic (exact) mass is 333 g/mol. The molecule has 0 N–H and O–H groups in total. The van der Waals surface area contributed by atoms with Crippen LogP contribution in [0.15, 0.2) is 65.2 Å². The van der Waals surface area contributed by atoms with Crippen LogP contribution >= 0.6 is 0 Å². The summed E-state index contributed by atoms with van der Waals surface area (Å²) in [6, 6.07) is 17.1. The van der Waals surface area contributed by atoms with E-state index in [0.717, 1.165) is 22.2 Å². The minimum atomic E-state index is 0.173. The van der Waals surface area contributed by atoms with Crippen molar-refractivity contribution in [3.63, 3.8) is 0 Å². The largest absolute Gasteiger partial charge is 0.497 e. The van der Waals surface area contributed by atoms with Crippen LogP contribution < -0.4 is 9.47 Å². The third kappa shape index (κ3) is 3.14. The van der Waals surface area contributed by atoms with Gasteiger partial charge in [-0.25, -0.2) is 0 Å². The summed E-state index contributed by atoms with van der Waals surface area (Å²) in [7, 11) is 1.62. The van der Waals surface area contributed by atoms with Gasteiger partial charge in [0.25, 0.3) is 5.89 Å². The normalized spacial score (nSPS) is 10.8. The first-order valence-corrected chi connectivity index (χ1v) is 7.77. The minimum absolute atomic E-state index is 0.173. The number of hydrogen-bond donors (Lipinski definition) is 0. The fourth-order valence-corrected chi connectivity index (χ4v) is 2.52. The van der Waals surface area contributed by atoms with Gasteiger partial charge in [-0.1, -0.05) is 24.3 Å². The van der Waals surface area contributed by atoms with Gasteiger partial charge < -0.3 is 13.9 Å². The quantitative estimate of drug-likeness (QED) is 0.552. The van der Waals surface area contributed by atoms with Crippen LogP contribution in [0.1, 0.15) is 5.89 Å². The Morgan fingerprint density at radius 3 is 2.80 bits per heavy atom. The molecule has 2 aromatic carbocycles. The molecule has 124 valence electrons. The molecule has 0 aliphatic heterocycles. The van der Waals surface area contributed by atoms with Gasteiger partial charge in [0.05, 0.1) is 7.11 Å². The molecule has 0 saturated carbocycles. The zero-order valence-electron chi connectivity index (χ0n) is 13.5. The van der Waals surface area contributed by atoms with Crippen molar-refractivity contribution in [2.45, 2.75) is 6.61 Å². The summed E-state index contributed by atoms with van der Waals surface area (Å²) in [5.41, 5.74) is 1.60. The van der Waals surface area contributed by atoms with Crippen LogP contribution in [0.5, 0.6) is 11.5 Å². The highest BCUT2D eigenvalue weighted by Crippen LogP contribution is 2.25. The van der Waals surface area contributed by atoms with Gasteiger partial charge in [0, 0.05) is 17.1 Å². The minimum Gasteiger partial charge on any atom is -0.497 e. The molecule has 6 heteroatoms. The molecule has 0 amide bonds. The molecule has 25 heavy (non-hydrogen) atoms. The number of fused-ring (bicyclic) bond motifs is 1. The van der Waals surface area contributed by atoms with Crippen molar-refractivity contribution in [1.29, 1.82) is 0 Å². The van der Waals surface area contributed by atoms with Gasteiger partial charge >= 0.3 is 0 Å². The van der Waals surface area contributed by atoms with Crippen LogP contribution in [-0.4, -0.2) is 22.3 Å². The first-order valence-electron chi connectivity index (χ1n) is 7.77. The van der Waals surface area contributed by atoms with Crippen LogP contribution in [0.3, 0.4) is 0 Å². The van der Waals surface area contributed by atoms with E-state index in [0.29, 0.717) is 17.5 Å². The first kappa shape index (κ1) is 15.1. The highest BCUT2D eigenvalue weighted by Gasteiger charge is 2.11. The Morgan fingerprint density at radius 2 is 1.88 bits per heavy atom. The molecule has 0 aliphatic rings. The predicted octanol–water partition coefficient (Wildman–Crippen LogP) is 3.87. The summed E-state index contributed by atoms with van der Waals surface area (Å²) in [5.74, 6) is 2.23. The van der Waals surface area contributed by atoms with Gasteiger partial charge in [-0.15, -0.1) is 10.2 Å². The molecule has 6 nitrogen and oxygen atoms in total. The second-order valence-corrected chi connectivity index (χ2v) is 5.35. The average molecular weight is 333 g/mol. The standard InChI is InChI=1S/C19H15N3O3/c1-23-15-8-2-6-14(11-15)19-22-21-17(25-19)12-24-16-9-3-5-13-7-4-10-20-18(13)16/h2-11H,12H2,1H3. The molecule has 0 bridgehead atoms. The molecule has 4 rings (SSSR count). The maximum Gasteiger partial charge on any atom is 0.254 e. The summed E-state index contributed by atoms with van der Waals surface area (Å²) in [6.07, 6.45) is 1.74. The van der Waals surface area contributed by atoms with E-state index in [9.17, 15) is 0 Å². The maximum atomic E-state index is 5.82. The van der Waals surface area contributed by atoms with Crippen molar-refractivity contribution in [2.24, 2.45) is 0 Å². The number of ether oxygens (including phenoxy) is 2. The maximum absolute atomic E-state index is 5.82. The fourth-order valence-electron chi connectivity index (χ4n) is 2.52. The Bertz CT molecular complexity index is 1010. The molecule has 0 unspecified atom stereocenters. The summed E-state index contributed by atoms with van der Waals surface area (Å²) in [6.45, 7) is 0.173. The van der Waals surface area contributed by atoms with Crippen molar-refractivity contribution in [3.8, 4) is 23.0 Å². The molecule has 0 fully saturated rings. The molecule has 0 saturated heterocycles. The lowest BCUT2D eigenvalue weighted by molar-refractivity contribution is 0.267. The number of pyridine rings is 1. The smallest absolute Gasteiger partial charge is 0.254 e. The lowest BCUT2D eigenvalue weighted by Gasteiger charge is -2.06. The number of nitrogens with zero attached hydrogens (tertiary/aromatic N) is 3. The zero-order chi connectivity index (χ0) is 17.1. The highest BCUT2D eigenvalue weighted by atomic mass is 16.5. The zero-order valence-corrected chi connectivity index (χ0v) is 13.5. The Hall–Kier alpha value is -3.41. The van der Waals surface area contributed by atoms with E-state index in [4.69, 9.17) is 13.9 Å². The van der Waals surface area contributed by atoms with Crippen molar-refractivity contribution < 1.29 is 13.9 Å². The van der Waals surface area contributed by atoms with Crippen molar-refractivity contribution in [2.75, 3.05) is 7.11 Å². The van der Waals surface area contributed by atoms with Gasteiger partial charge in [-0.2, -0.15) is 0 Å². The molecule has 0 spiro atoms. The molecule has 4 aromatic rings. The number of para-hydroxylation sites is 1. The van der Waals surface area contributed by atoms with E-state index < -0.39 is 0 Å². The third-order valence-corrected chi connectivity index (χ3v) is 3.73. The van der Waals surface area contributed by atoms with E-state index in [1.54, 1.807) is 13.3 Å². The molecular formula is C19H15N3O3. The van der Waals surface area contributed by atoms with E-state index >= 15 is 0 Å². The van der Waals surface area contributed by atoms with Gasteiger partial charge in [0.15, 0.2) is 6.61 Å². The Labute approximate surface area is 144 Å². The van der Waals surface area contributed by atoms with E-state index in [1.165, 1.54) is 0 Å². The Kier molecular flexibility index (Phi) is 4.00. The molecule has 0 radical (unpaired) electrons. The van der Waals surface area contributed by atoms with Gasteiger partial charge in [-0.3, -0.25) is 4.98 Å². The van der Waals surface area contributed by atoms with Gasteiger partial charge in [0.2, 0.25) is 5.89 Å². The van der Waals surface area contributed by atoms with E-state index in [-0.39, 0.29) is 6.61 Å². The van der Waals surface area contributed by atoms with Crippen molar-refractivity contribution in [3.05, 3.63) is 66.7 Å². The van der Waals surface area contributed by atoms with Gasteiger partial charge in [0.1, 0.15) is 17.0 Å². The Balaban J connectivity index is 1.53. The summed E-state index contributed by atoms with van der Waals surface area (Å²) in [5, 5.41) is 9.13. The number of methoxy groups -OCH3 is 1. The first-order chi connectivity index (χ1) is 12.3. The van der Waals surface area contributed by atoms with E-state index in [1.807, 2.05) is 54.6 Å². The van der Waals surface area contributed by atoms with Crippen LogP contribution in [0.2, 0.25) is 0 Å². The van der Waals surface area contributed by atoms with Crippen molar-refractivity contribution in [1.82, 2.24) is 15.2 Å². The molecule has 0 atom stereocenters. The summed E-state index contributed by atoms with van der Waals surface area (Å²) < 4.78 is 16.7. The van der Waals surface area contributed by atoms with Crippen molar-refractivity contribution >= 4 is 10.9 Å². The van der Waals surface area contributed by atoms with Crippen LogP contribution in [0, 0.1) is 0 Å². The third-order valence-electron chi connectivity index (χ3n) is 3.73. The molecule has 2 aromatic heterocycles. The molecule has 0 aliphatic carbocycles. The average Bonchev–Trinajstić information content (AvgIpc) is 3.15. The van der Waals surface area contributed by atoms with Crippen LogP contribution in [0.4, 0.5) is 0 Å². The number of rotatable bonds is 5.